The summed E-state index contributed by atoms with van der Waals surface area (Å²) in [5.74, 6) is -1.23. The van der Waals surface area contributed by atoms with E-state index in [1.165, 1.54) is 38.5 Å². The molecule has 0 heterocycles. The third-order valence-electron chi connectivity index (χ3n) is 4.39. The zero-order chi connectivity index (χ0) is 19.2. The van der Waals surface area contributed by atoms with E-state index in [-0.39, 0.29) is 12.5 Å². The standard InChI is InChI=1S/C22H34O4/c1-4-5-6-7-8-9-10-11-14-17-25-21(23)22(24)26-20-16-13-12-15-19(20)18(2)3/h12-13,15-16,18H,4-11,14,17H2,1-3H3. The van der Waals surface area contributed by atoms with Crippen LogP contribution in [0.3, 0.4) is 0 Å². The van der Waals surface area contributed by atoms with Crippen LogP contribution in [0.4, 0.5) is 0 Å². The van der Waals surface area contributed by atoms with Gasteiger partial charge in [0.1, 0.15) is 5.75 Å². The Labute approximate surface area is 158 Å². The fourth-order valence-corrected chi connectivity index (χ4v) is 2.83. The fourth-order valence-electron chi connectivity index (χ4n) is 2.83. The lowest BCUT2D eigenvalue weighted by atomic mass is 10.0. The Kier molecular flexibility index (Phi) is 11.4. The molecule has 0 radical (unpaired) electrons. The topological polar surface area (TPSA) is 52.6 Å². The highest BCUT2D eigenvalue weighted by Gasteiger charge is 2.20. The first-order chi connectivity index (χ1) is 12.6. The molecule has 0 fully saturated rings. The van der Waals surface area contributed by atoms with Crippen LogP contribution in [0.15, 0.2) is 24.3 Å². The maximum absolute atomic E-state index is 11.9. The van der Waals surface area contributed by atoms with Crippen LogP contribution in [0.25, 0.3) is 0 Å². The molecule has 4 heteroatoms. The second kappa shape index (κ2) is 13.4. The maximum atomic E-state index is 11.9. The number of hydrogen-bond donors (Lipinski definition) is 0. The van der Waals surface area contributed by atoms with Gasteiger partial charge in [0.15, 0.2) is 0 Å². The fraction of sp³-hybridized carbons (Fsp3) is 0.636. The summed E-state index contributed by atoms with van der Waals surface area (Å²) in [7, 11) is 0. The lowest BCUT2D eigenvalue weighted by Gasteiger charge is -2.12. The number of carbonyl (C=O) groups excluding carboxylic acids is 2. The molecule has 0 aliphatic rings. The van der Waals surface area contributed by atoms with Crippen molar-refractivity contribution in [1.29, 1.82) is 0 Å². The van der Waals surface area contributed by atoms with Crippen LogP contribution in [0.1, 0.15) is 90.0 Å². The molecule has 0 aliphatic carbocycles. The molecule has 0 N–H and O–H groups in total. The van der Waals surface area contributed by atoms with Gasteiger partial charge >= 0.3 is 11.9 Å². The number of unbranched alkanes of at least 4 members (excludes halogenated alkanes) is 8. The number of para-hydroxylation sites is 1. The Balaban J connectivity index is 2.17. The number of esters is 2. The van der Waals surface area contributed by atoms with Gasteiger partial charge in [0.2, 0.25) is 0 Å². The van der Waals surface area contributed by atoms with Gasteiger partial charge in [0, 0.05) is 0 Å². The van der Waals surface area contributed by atoms with Crippen LogP contribution in [0.5, 0.6) is 5.75 Å². The molecule has 0 unspecified atom stereocenters. The Morgan fingerprint density at radius 1 is 0.846 bits per heavy atom. The average Bonchev–Trinajstić information content (AvgIpc) is 2.63. The molecule has 1 rings (SSSR count). The van der Waals surface area contributed by atoms with Gasteiger partial charge in [-0.25, -0.2) is 9.59 Å². The van der Waals surface area contributed by atoms with E-state index in [1.807, 2.05) is 26.0 Å². The Morgan fingerprint density at radius 2 is 1.42 bits per heavy atom. The van der Waals surface area contributed by atoms with Crippen LogP contribution in [0, 0.1) is 0 Å². The molecule has 0 bridgehead atoms. The summed E-state index contributed by atoms with van der Waals surface area (Å²) >= 11 is 0. The van der Waals surface area contributed by atoms with E-state index in [0.717, 1.165) is 24.8 Å². The summed E-state index contributed by atoms with van der Waals surface area (Å²) < 4.78 is 10.2. The minimum absolute atomic E-state index is 0.206. The van der Waals surface area contributed by atoms with Gasteiger partial charge in [0.05, 0.1) is 6.61 Å². The molecule has 1 aromatic rings. The highest BCUT2D eigenvalue weighted by atomic mass is 16.6. The minimum atomic E-state index is -0.950. The lowest BCUT2D eigenvalue weighted by molar-refractivity contribution is -0.162. The number of ether oxygens (including phenoxy) is 2. The van der Waals surface area contributed by atoms with E-state index in [4.69, 9.17) is 9.47 Å². The summed E-state index contributed by atoms with van der Waals surface area (Å²) in [5, 5.41) is 0. The summed E-state index contributed by atoms with van der Waals surface area (Å²) in [4.78, 5) is 23.6. The summed E-state index contributed by atoms with van der Waals surface area (Å²) in [6.45, 7) is 6.51. The Bertz CT molecular complexity index is 537. The van der Waals surface area contributed by atoms with Crippen molar-refractivity contribution < 1.29 is 19.1 Å². The molecule has 0 spiro atoms. The van der Waals surface area contributed by atoms with Crippen LogP contribution in [0.2, 0.25) is 0 Å². The molecule has 4 nitrogen and oxygen atoms in total. The monoisotopic (exact) mass is 362 g/mol. The molecule has 0 atom stereocenters. The maximum Gasteiger partial charge on any atom is 0.422 e. The second-order valence-electron chi connectivity index (χ2n) is 7.05. The predicted molar refractivity (Wildman–Crippen MR) is 104 cm³/mol. The SMILES string of the molecule is CCCCCCCCCCCOC(=O)C(=O)Oc1ccccc1C(C)C. The minimum Gasteiger partial charge on any atom is -0.457 e. The summed E-state index contributed by atoms with van der Waals surface area (Å²) in [6, 6.07) is 7.25. The van der Waals surface area contributed by atoms with Crippen LogP contribution >= 0.6 is 0 Å². The quantitative estimate of drug-likeness (QED) is 0.204. The normalized spacial score (nSPS) is 10.8. The molecule has 146 valence electrons. The molecule has 26 heavy (non-hydrogen) atoms. The van der Waals surface area contributed by atoms with Gasteiger partial charge in [-0.15, -0.1) is 0 Å². The molecule has 0 amide bonds. The zero-order valence-corrected chi connectivity index (χ0v) is 16.6. The van der Waals surface area contributed by atoms with E-state index >= 15 is 0 Å². The van der Waals surface area contributed by atoms with E-state index in [0.29, 0.717) is 5.75 Å². The van der Waals surface area contributed by atoms with E-state index in [9.17, 15) is 9.59 Å². The largest absolute Gasteiger partial charge is 0.457 e. The van der Waals surface area contributed by atoms with Crippen molar-refractivity contribution in [2.24, 2.45) is 0 Å². The summed E-state index contributed by atoms with van der Waals surface area (Å²) in [5.41, 5.74) is 0.896. The van der Waals surface area contributed by atoms with Gasteiger partial charge in [-0.3, -0.25) is 0 Å². The summed E-state index contributed by atoms with van der Waals surface area (Å²) in [6.07, 6.45) is 10.7. The van der Waals surface area contributed by atoms with Gasteiger partial charge in [0.25, 0.3) is 0 Å². The zero-order valence-electron chi connectivity index (χ0n) is 16.6. The molecular formula is C22H34O4. The van der Waals surface area contributed by atoms with Crippen LogP contribution < -0.4 is 4.74 Å². The first kappa shape index (κ1) is 22.2. The van der Waals surface area contributed by atoms with Crippen molar-refractivity contribution >= 4 is 11.9 Å². The van der Waals surface area contributed by atoms with Gasteiger partial charge in [-0.05, 0) is 24.0 Å². The third-order valence-corrected chi connectivity index (χ3v) is 4.39. The van der Waals surface area contributed by atoms with Gasteiger partial charge < -0.3 is 9.47 Å². The van der Waals surface area contributed by atoms with E-state index < -0.39 is 11.9 Å². The first-order valence-corrected chi connectivity index (χ1v) is 10.0. The number of benzene rings is 1. The van der Waals surface area contributed by atoms with E-state index in [2.05, 4.69) is 6.92 Å². The van der Waals surface area contributed by atoms with Crippen molar-refractivity contribution in [3.63, 3.8) is 0 Å². The van der Waals surface area contributed by atoms with Crippen molar-refractivity contribution in [2.75, 3.05) is 6.61 Å². The Morgan fingerprint density at radius 3 is 2.04 bits per heavy atom. The molecule has 0 aliphatic heterocycles. The highest BCUT2D eigenvalue weighted by molar-refractivity contribution is 6.30. The molecular weight excluding hydrogens is 328 g/mol. The van der Waals surface area contributed by atoms with Crippen LogP contribution in [-0.2, 0) is 14.3 Å². The third kappa shape index (κ3) is 9.02. The smallest absolute Gasteiger partial charge is 0.422 e. The van der Waals surface area contributed by atoms with E-state index in [1.54, 1.807) is 12.1 Å². The molecule has 0 saturated heterocycles. The van der Waals surface area contributed by atoms with Crippen LogP contribution in [-0.4, -0.2) is 18.5 Å². The van der Waals surface area contributed by atoms with Gasteiger partial charge in [-0.2, -0.15) is 0 Å². The number of rotatable bonds is 12. The van der Waals surface area contributed by atoms with Gasteiger partial charge in [-0.1, -0.05) is 90.3 Å². The van der Waals surface area contributed by atoms with Crippen molar-refractivity contribution in [2.45, 2.75) is 84.5 Å². The second-order valence-corrected chi connectivity index (χ2v) is 7.05. The number of carbonyl (C=O) groups is 2. The lowest BCUT2D eigenvalue weighted by Crippen LogP contribution is -2.24. The predicted octanol–water partition coefficient (Wildman–Crippen LogP) is 5.79. The molecule has 0 aromatic heterocycles. The average molecular weight is 363 g/mol. The molecule has 0 saturated carbocycles. The number of hydrogen-bond acceptors (Lipinski definition) is 4. The van der Waals surface area contributed by atoms with Crippen molar-refractivity contribution in [1.82, 2.24) is 0 Å². The Hall–Kier alpha value is -1.84. The first-order valence-electron chi connectivity index (χ1n) is 10.0. The highest BCUT2D eigenvalue weighted by Crippen LogP contribution is 2.25. The van der Waals surface area contributed by atoms with Crippen molar-refractivity contribution in [3.8, 4) is 5.75 Å². The molecule has 1 aromatic carbocycles. The van der Waals surface area contributed by atoms with Crippen molar-refractivity contribution in [3.05, 3.63) is 29.8 Å².